The van der Waals surface area contributed by atoms with Crippen molar-refractivity contribution in [3.8, 4) is 22.8 Å². The van der Waals surface area contributed by atoms with Crippen LogP contribution in [0.15, 0.2) is 30.6 Å². The largest absolute Gasteiger partial charge is 0.495 e. The molecule has 1 unspecified atom stereocenters. The summed E-state index contributed by atoms with van der Waals surface area (Å²) < 4.78 is 27.0. The first-order valence-corrected chi connectivity index (χ1v) is 13.6. The minimum atomic E-state index is -0.526. The highest BCUT2D eigenvalue weighted by molar-refractivity contribution is 5.96. The molecule has 1 aliphatic carbocycles. The fourth-order valence-corrected chi connectivity index (χ4v) is 6.23. The first-order chi connectivity index (χ1) is 19.3. The molecule has 4 heterocycles. The fraction of sp³-hybridized carbons (Fsp3) is 0.367. The Bertz CT molecular complexity index is 1690. The van der Waals surface area contributed by atoms with Crippen molar-refractivity contribution < 1.29 is 13.9 Å². The van der Waals surface area contributed by atoms with Gasteiger partial charge in [0.05, 0.1) is 24.0 Å². The van der Waals surface area contributed by atoms with E-state index in [0.29, 0.717) is 47.0 Å². The minimum absolute atomic E-state index is 0.00154. The third-order valence-corrected chi connectivity index (χ3v) is 8.81. The van der Waals surface area contributed by atoms with Crippen LogP contribution in [0, 0.1) is 12.7 Å². The highest BCUT2D eigenvalue weighted by atomic mass is 19.1. The van der Waals surface area contributed by atoms with E-state index in [9.17, 15) is 0 Å². The molecule has 40 heavy (non-hydrogen) atoms. The lowest BCUT2D eigenvalue weighted by Gasteiger charge is -2.38. The van der Waals surface area contributed by atoms with E-state index >= 15 is 4.39 Å². The van der Waals surface area contributed by atoms with Crippen molar-refractivity contribution in [2.24, 2.45) is 0 Å². The normalized spacial score (nSPS) is 19.0. The summed E-state index contributed by atoms with van der Waals surface area (Å²) in [5.74, 6) is 1.11. The van der Waals surface area contributed by atoms with Gasteiger partial charge in [-0.15, -0.1) is 0 Å². The summed E-state index contributed by atoms with van der Waals surface area (Å²) in [7, 11) is 3.86. The number of nitrogen functional groups attached to an aromatic ring is 1. The maximum absolute atomic E-state index is 15.6. The van der Waals surface area contributed by atoms with E-state index in [4.69, 9.17) is 20.2 Å². The first kappa shape index (κ1) is 24.8. The van der Waals surface area contributed by atoms with Crippen LogP contribution in [0.2, 0.25) is 0 Å². The summed E-state index contributed by atoms with van der Waals surface area (Å²) in [5, 5.41) is 7.10. The molecular formula is C30H32FN7O2. The minimum Gasteiger partial charge on any atom is -0.495 e. The summed E-state index contributed by atoms with van der Waals surface area (Å²) in [4.78, 5) is 16.0. The second-order valence-corrected chi connectivity index (χ2v) is 11.2. The Kier molecular flexibility index (Phi) is 5.54. The lowest BCUT2D eigenvalue weighted by Crippen LogP contribution is -2.37. The highest BCUT2D eigenvalue weighted by Crippen LogP contribution is 2.56. The average Bonchev–Trinajstić information content (AvgIpc) is 3.74. The first-order valence-electron chi connectivity index (χ1n) is 13.6. The van der Waals surface area contributed by atoms with E-state index in [-0.39, 0.29) is 17.1 Å². The predicted molar refractivity (Wildman–Crippen MR) is 154 cm³/mol. The van der Waals surface area contributed by atoms with Crippen LogP contribution in [0.1, 0.15) is 42.5 Å². The number of likely N-dealkylation sites (N-methyl/N-ethyl adjacent to an activating group) is 1. The summed E-state index contributed by atoms with van der Waals surface area (Å²) in [6, 6.07) is 6.31. The predicted octanol–water partition coefficient (Wildman–Crippen LogP) is 5.32. The molecule has 4 aromatic rings. The van der Waals surface area contributed by atoms with Gasteiger partial charge in [0.1, 0.15) is 18.0 Å². The number of nitrogens with two attached hydrogens (primary N) is 1. The third-order valence-electron chi connectivity index (χ3n) is 8.81. The Balaban J connectivity index is 1.30. The zero-order chi connectivity index (χ0) is 27.8. The van der Waals surface area contributed by atoms with Crippen molar-refractivity contribution in [2.45, 2.75) is 38.1 Å². The van der Waals surface area contributed by atoms with Crippen LogP contribution in [0.5, 0.6) is 11.6 Å². The summed E-state index contributed by atoms with van der Waals surface area (Å²) in [6.07, 6.45) is 5.57. The van der Waals surface area contributed by atoms with Gasteiger partial charge < -0.3 is 25.8 Å². The van der Waals surface area contributed by atoms with E-state index in [1.807, 2.05) is 6.92 Å². The van der Waals surface area contributed by atoms with Gasteiger partial charge in [-0.25, -0.2) is 19.3 Å². The van der Waals surface area contributed by atoms with E-state index in [0.717, 1.165) is 29.2 Å². The number of halogens is 1. The second kappa shape index (κ2) is 8.92. The number of ether oxygens (including phenoxy) is 2. The number of nitrogens with zero attached hydrogens (tertiary/aromatic N) is 4. The molecule has 10 heteroatoms. The van der Waals surface area contributed by atoms with E-state index in [2.05, 4.69) is 51.6 Å². The van der Waals surface area contributed by atoms with Crippen LogP contribution in [-0.2, 0) is 5.41 Å². The zero-order valence-corrected chi connectivity index (χ0v) is 23.1. The number of anilines is 4. The Hall–Kier alpha value is -4.18. The number of hydrogen-bond donors (Lipinski definition) is 3. The number of aromatic nitrogens is 3. The van der Waals surface area contributed by atoms with Gasteiger partial charge in [-0.2, -0.15) is 0 Å². The smallest absolute Gasteiger partial charge is 0.237 e. The number of pyridine rings is 1. The molecule has 4 N–H and O–H groups in total. The molecule has 0 amide bonds. The zero-order valence-electron chi connectivity index (χ0n) is 23.1. The van der Waals surface area contributed by atoms with Gasteiger partial charge in [-0.3, -0.25) is 4.90 Å². The molecule has 1 saturated carbocycles. The monoisotopic (exact) mass is 541 g/mol. The molecule has 206 valence electrons. The topological polar surface area (TPSA) is 110 Å². The maximum Gasteiger partial charge on any atom is 0.237 e. The van der Waals surface area contributed by atoms with Crippen molar-refractivity contribution in [3.05, 3.63) is 53.1 Å². The van der Waals surface area contributed by atoms with Crippen LogP contribution >= 0.6 is 0 Å². The third kappa shape index (κ3) is 3.73. The van der Waals surface area contributed by atoms with E-state index in [1.165, 1.54) is 24.0 Å². The lowest BCUT2D eigenvalue weighted by molar-refractivity contribution is 0.214. The number of benzene rings is 2. The van der Waals surface area contributed by atoms with Crippen LogP contribution in [0.4, 0.5) is 27.4 Å². The highest BCUT2D eigenvalue weighted by Gasteiger charge is 2.50. The molecule has 2 aromatic heterocycles. The van der Waals surface area contributed by atoms with Gasteiger partial charge in [0, 0.05) is 53.5 Å². The number of methoxy groups -OCH3 is 1. The Morgan fingerprint density at radius 3 is 2.80 bits per heavy atom. The molecule has 0 radical (unpaired) electrons. The Morgan fingerprint density at radius 1 is 1.20 bits per heavy atom. The quantitative estimate of drug-likeness (QED) is 0.296. The summed E-state index contributed by atoms with van der Waals surface area (Å²) in [6.45, 7) is 6.40. The van der Waals surface area contributed by atoms with Gasteiger partial charge in [-0.05, 0) is 68.6 Å². The van der Waals surface area contributed by atoms with Crippen molar-refractivity contribution in [3.63, 3.8) is 0 Å². The van der Waals surface area contributed by atoms with Crippen molar-refractivity contribution in [1.82, 2.24) is 19.9 Å². The van der Waals surface area contributed by atoms with Crippen LogP contribution in [0.3, 0.4) is 0 Å². The van der Waals surface area contributed by atoms with Gasteiger partial charge in [0.25, 0.3) is 0 Å². The van der Waals surface area contributed by atoms with Gasteiger partial charge in [0.2, 0.25) is 11.8 Å². The SMILES string of the molecule is COc1cc2c(cc1Nc1ncc3c(N)c(F)c(-c4cnc5c(c4C)NCCO5)cc3n1)C(C)N(C)CC21CC1. The van der Waals surface area contributed by atoms with E-state index in [1.54, 1.807) is 25.6 Å². The van der Waals surface area contributed by atoms with Crippen molar-refractivity contribution >= 4 is 33.9 Å². The molecule has 1 atom stereocenters. The van der Waals surface area contributed by atoms with Gasteiger partial charge >= 0.3 is 0 Å². The van der Waals surface area contributed by atoms with Crippen molar-refractivity contribution in [1.29, 1.82) is 0 Å². The van der Waals surface area contributed by atoms with Crippen LogP contribution in [-0.4, -0.2) is 53.7 Å². The number of hydrogen-bond acceptors (Lipinski definition) is 9. The molecule has 2 aliphatic heterocycles. The fourth-order valence-electron chi connectivity index (χ4n) is 6.23. The van der Waals surface area contributed by atoms with Gasteiger partial charge in [0.15, 0.2) is 5.82 Å². The Labute approximate surface area is 231 Å². The summed E-state index contributed by atoms with van der Waals surface area (Å²) in [5.41, 5.74) is 13.0. The summed E-state index contributed by atoms with van der Waals surface area (Å²) >= 11 is 0. The number of nitrogens with one attached hydrogen (secondary N) is 2. The molecule has 2 aromatic carbocycles. The number of fused-ring (bicyclic) bond motifs is 4. The van der Waals surface area contributed by atoms with Crippen LogP contribution < -0.4 is 25.8 Å². The molecule has 7 rings (SSSR count). The van der Waals surface area contributed by atoms with Crippen molar-refractivity contribution in [2.75, 3.05) is 50.2 Å². The molecule has 1 spiro atoms. The molecule has 9 nitrogen and oxygen atoms in total. The molecule has 0 bridgehead atoms. The van der Waals surface area contributed by atoms with Gasteiger partial charge in [-0.1, -0.05) is 0 Å². The molecule has 1 fully saturated rings. The maximum atomic E-state index is 15.6. The number of rotatable bonds is 4. The Morgan fingerprint density at radius 2 is 2.02 bits per heavy atom. The lowest BCUT2D eigenvalue weighted by atomic mass is 9.83. The second-order valence-electron chi connectivity index (χ2n) is 11.2. The molecule has 0 saturated heterocycles. The van der Waals surface area contributed by atoms with E-state index < -0.39 is 5.82 Å². The molecular weight excluding hydrogens is 509 g/mol. The standard InChI is InChI=1S/C30H32FN7O2/c1-15-19(12-34-28-27(15)33-7-8-40-28)18-10-22-20(26(32)25(18)31)13-35-29(36-22)37-23-9-17-16(2)38(3)14-30(5-6-30)21(17)11-24(23)39-4/h9-13,16,33H,5-8,14,32H2,1-4H3,(H,35,36,37). The van der Waals surface area contributed by atoms with Crippen LogP contribution in [0.25, 0.3) is 22.0 Å². The molecule has 3 aliphatic rings. The average molecular weight is 542 g/mol.